The van der Waals surface area contributed by atoms with Crippen molar-refractivity contribution in [2.24, 2.45) is 0 Å². The normalized spacial score (nSPS) is 9.88. The van der Waals surface area contributed by atoms with Gasteiger partial charge in [0.15, 0.2) is 0 Å². The van der Waals surface area contributed by atoms with E-state index in [0.29, 0.717) is 18.0 Å². The second kappa shape index (κ2) is 5.12. The Kier molecular flexibility index (Phi) is 3.35. The fourth-order valence-electron chi connectivity index (χ4n) is 1.47. The van der Waals surface area contributed by atoms with E-state index in [1.807, 2.05) is 12.1 Å². The number of allylic oxidation sites excluding steroid dienone is 1. The molecule has 0 unspecified atom stereocenters. The van der Waals surface area contributed by atoms with Gasteiger partial charge in [0, 0.05) is 23.5 Å². The van der Waals surface area contributed by atoms with E-state index in [9.17, 15) is 0 Å². The highest BCUT2D eigenvalue weighted by molar-refractivity contribution is 5.49. The largest absolute Gasteiger partial charge is 0.437 e. The van der Waals surface area contributed by atoms with Crippen LogP contribution < -0.4 is 10.5 Å². The summed E-state index contributed by atoms with van der Waals surface area (Å²) in [6.07, 6.45) is 4.10. The minimum Gasteiger partial charge on any atom is -0.437 e. The van der Waals surface area contributed by atoms with Crippen LogP contribution in [-0.2, 0) is 6.42 Å². The lowest BCUT2D eigenvalue weighted by atomic mass is 10.1. The molecule has 2 aromatic rings. The monoisotopic (exact) mass is 227 g/mol. The Hall–Kier alpha value is -2.36. The van der Waals surface area contributed by atoms with Crippen molar-refractivity contribution in [1.82, 2.24) is 10.2 Å². The first kappa shape index (κ1) is 11.1. The molecule has 0 saturated heterocycles. The quantitative estimate of drug-likeness (QED) is 0.644. The highest BCUT2D eigenvalue weighted by atomic mass is 16.5. The molecule has 0 saturated carbocycles. The number of nitrogens with two attached hydrogens (primary N) is 1. The van der Waals surface area contributed by atoms with Crippen LogP contribution in [0.4, 0.5) is 5.69 Å². The van der Waals surface area contributed by atoms with Crippen molar-refractivity contribution >= 4 is 5.69 Å². The van der Waals surface area contributed by atoms with Crippen LogP contribution in [0.5, 0.6) is 11.6 Å². The summed E-state index contributed by atoms with van der Waals surface area (Å²) in [5, 5.41) is 7.62. The molecule has 0 spiro atoms. The van der Waals surface area contributed by atoms with Crippen molar-refractivity contribution in [3.05, 3.63) is 54.7 Å². The zero-order valence-corrected chi connectivity index (χ0v) is 9.34. The molecular formula is C13H13N3O. The van der Waals surface area contributed by atoms with Gasteiger partial charge in [-0.25, -0.2) is 0 Å². The van der Waals surface area contributed by atoms with Crippen LogP contribution in [0.2, 0.25) is 0 Å². The lowest BCUT2D eigenvalue weighted by Gasteiger charge is -2.09. The highest BCUT2D eigenvalue weighted by Gasteiger charge is 2.05. The number of hydrogen-bond acceptors (Lipinski definition) is 4. The smallest absolute Gasteiger partial charge is 0.238 e. The highest BCUT2D eigenvalue weighted by Crippen LogP contribution is 2.26. The summed E-state index contributed by atoms with van der Waals surface area (Å²) < 4.78 is 5.64. The SMILES string of the molecule is C=CCc1cc(N)ccc1Oc1cccnn1. The minimum absolute atomic E-state index is 0.461. The molecule has 2 N–H and O–H groups in total. The van der Waals surface area contributed by atoms with Crippen LogP contribution in [0.25, 0.3) is 0 Å². The Morgan fingerprint density at radius 1 is 1.35 bits per heavy atom. The van der Waals surface area contributed by atoms with Gasteiger partial charge in [0.05, 0.1) is 0 Å². The maximum Gasteiger partial charge on any atom is 0.238 e. The van der Waals surface area contributed by atoms with Crippen LogP contribution in [0.1, 0.15) is 5.56 Å². The molecule has 4 nitrogen and oxygen atoms in total. The summed E-state index contributed by atoms with van der Waals surface area (Å²) in [5.41, 5.74) is 7.41. The van der Waals surface area contributed by atoms with E-state index < -0.39 is 0 Å². The molecule has 0 radical (unpaired) electrons. The van der Waals surface area contributed by atoms with Gasteiger partial charge in [0.1, 0.15) is 5.75 Å². The van der Waals surface area contributed by atoms with E-state index in [-0.39, 0.29) is 0 Å². The molecular weight excluding hydrogens is 214 g/mol. The number of nitrogen functional groups attached to an aromatic ring is 1. The molecule has 0 aliphatic heterocycles. The Labute approximate surface area is 99.8 Å². The number of nitrogens with zero attached hydrogens (tertiary/aromatic N) is 2. The number of anilines is 1. The van der Waals surface area contributed by atoms with Gasteiger partial charge in [0.25, 0.3) is 0 Å². The summed E-state index contributed by atoms with van der Waals surface area (Å²) >= 11 is 0. The summed E-state index contributed by atoms with van der Waals surface area (Å²) in [4.78, 5) is 0. The van der Waals surface area contributed by atoms with E-state index in [2.05, 4.69) is 16.8 Å². The Morgan fingerprint density at radius 2 is 2.24 bits per heavy atom. The van der Waals surface area contributed by atoms with Crippen molar-refractivity contribution in [3.63, 3.8) is 0 Å². The van der Waals surface area contributed by atoms with Gasteiger partial charge in [-0.3, -0.25) is 0 Å². The average molecular weight is 227 g/mol. The molecule has 1 heterocycles. The minimum atomic E-state index is 0.461. The molecule has 0 atom stereocenters. The fourth-order valence-corrected chi connectivity index (χ4v) is 1.47. The number of hydrogen-bond donors (Lipinski definition) is 1. The third-order valence-electron chi connectivity index (χ3n) is 2.21. The lowest BCUT2D eigenvalue weighted by molar-refractivity contribution is 0.451. The first-order chi connectivity index (χ1) is 8.29. The van der Waals surface area contributed by atoms with E-state index >= 15 is 0 Å². The molecule has 1 aromatic heterocycles. The maximum absolute atomic E-state index is 5.73. The molecule has 1 aromatic carbocycles. The standard InChI is InChI=1S/C13H13N3O/c1-2-4-10-9-11(14)6-7-12(10)17-13-5-3-8-15-16-13/h2-3,5-9H,1,4,14H2. The molecule has 0 aliphatic rings. The molecule has 17 heavy (non-hydrogen) atoms. The summed E-state index contributed by atoms with van der Waals surface area (Å²) in [5.74, 6) is 1.18. The van der Waals surface area contributed by atoms with E-state index in [1.165, 1.54) is 0 Å². The summed E-state index contributed by atoms with van der Waals surface area (Å²) in [6, 6.07) is 9.00. The second-order valence-corrected chi connectivity index (χ2v) is 3.52. The molecule has 0 fully saturated rings. The van der Waals surface area contributed by atoms with Gasteiger partial charge in [0.2, 0.25) is 5.88 Å². The topological polar surface area (TPSA) is 61.0 Å². The van der Waals surface area contributed by atoms with Crippen molar-refractivity contribution in [1.29, 1.82) is 0 Å². The van der Waals surface area contributed by atoms with Crippen LogP contribution in [0.3, 0.4) is 0 Å². The van der Waals surface area contributed by atoms with Crippen LogP contribution in [0, 0.1) is 0 Å². The first-order valence-electron chi connectivity index (χ1n) is 5.24. The predicted molar refractivity (Wildman–Crippen MR) is 66.9 cm³/mol. The molecule has 4 heteroatoms. The zero-order chi connectivity index (χ0) is 12.1. The second-order valence-electron chi connectivity index (χ2n) is 3.52. The Bertz CT molecular complexity index is 511. The number of rotatable bonds is 4. The van der Waals surface area contributed by atoms with Gasteiger partial charge < -0.3 is 10.5 Å². The van der Waals surface area contributed by atoms with Crippen molar-refractivity contribution in [3.8, 4) is 11.6 Å². The summed E-state index contributed by atoms with van der Waals surface area (Å²) in [6.45, 7) is 3.71. The number of aromatic nitrogens is 2. The molecule has 0 amide bonds. The maximum atomic E-state index is 5.73. The molecule has 2 rings (SSSR count). The molecule has 86 valence electrons. The van der Waals surface area contributed by atoms with E-state index in [4.69, 9.17) is 10.5 Å². The number of ether oxygens (including phenoxy) is 1. The van der Waals surface area contributed by atoms with Crippen LogP contribution in [-0.4, -0.2) is 10.2 Å². The van der Waals surface area contributed by atoms with E-state index in [1.54, 1.807) is 30.5 Å². The predicted octanol–water partition coefficient (Wildman–Crippen LogP) is 2.58. The van der Waals surface area contributed by atoms with Crippen molar-refractivity contribution in [2.45, 2.75) is 6.42 Å². The lowest BCUT2D eigenvalue weighted by Crippen LogP contribution is -1.95. The molecule has 0 bridgehead atoms. The zero-order valence-electron chi connectivity index (χ0n) is 9.34. The van der Waals surface area contributed by atoms with Crippen molar-refractivity contribution < 1.29 is 4.74 Å². The van der Waals surface area contributed by atoms with Gasteiger partial charge in [-0.2, -0.15) is 5.10 Å². The van der Waals surface area contributed by atoms with E-state index in [0.717, 1.165) is 11.3 Å². The van der Waals surface area contributed by atoms with Crippen LogP contribution in [0.15, 0.2) is 49.2 Å². The van der Waals surface area contributed by atoms with Gasteiger partial charge in [-0.05, 0) is 30.7 Å². The average Bonchev–Trinajstić information content (AvgIpc) is 2.34. The van der Waals surface area contributed by atoms with Crippen LogP contribution >= 0.6 is 0 Å². The van der Waals surface area contributed by atoms with Crippen molar-refractivity contribution in [2.75, 3.05) is 5.73 Å². The summed E-state index contributed by atoms with van der Waals surface area (Å²) in [7, 11) is 0. The van der Waals surface area contributed by atoms with Gasteiger partial charge in [-0.1, -0.05) is 6.08 Å². The number of benzene rings is 1. The van der Waals surface area contributed by atoms with Gasteiger partial charge >= 0.3 is 0 Å². The fraction of sp³-hybridized carbons (Fsp3) is 0.0769. The van der Waals surface area contributed by atoms with Gasteiger partial charge in [-0.15, -0.1) is 11.7 Å². The molecule has 0 aliphatic carbocycles. The third kappa shape index (κ3) is 2.81. The first-order valence-corrected chi connectivity index (χ1v) is 5.24. The Morgan fingerprint density at radius 3 is 2.94 bits per heavy atom. The Balaban J connectivity index is 2.29. The third-order valence-corrected chi connectivity index (χ3v) is 2.21.